The number of hydrogen-bond donors (Lipinski definition) is 0. The SMILES string of the molecule is CC(C)(C)OC(=O)N1CCC(c2ccc(Br)cc2)C1.CC(C)(C)OC(=O)N1CCCC(c2ccc(Br)cc2)C1.CC(C)(C)OC(=O)N1CCOC(c2ccc(Br)cc2)C1. The predicted molar refractivity (Wildman–Crippen MR) is 244 cm³/mol. The zero-order chi connectivity index (χ0) is 43.5. The molecule has 0 spiro atoms. The molecule has 0 aromatic heterocycles. The van der Waals surface area contributed by atoms with E-state index in [0.717, 1.165) is 64.4 Å². The maximum atomic E-state index is 12.1. The van der Waals surface area contributed by atoms with Crippen LogP contribution >= 0.6 is 47.8 Å². The number of rotatable bonds is 3. The number of carbonyl (C=O) groups is 3. The lowest BCUT2D eigenvalue weighted by Crippen LogP contribution is -2.44. The van der Waals surface area contributed by atoms with Crippen LogP contribution in [-0.4, -0.2) is 95.7 Å². The summed E-state index contributed by atoms with van der Waals surface area (Å²) >= 11 is 10.3. The summed E-state index contributed by atoms with van der Waals surface area (Å²) in [6, 6.07) is 24.7. The van der Waals surface area contributed by atoms with Gasteiger partial charge in [0.1, 0.15) is 22.9 Å². The zero-order valence-corrected chi connectivity index (χ0v) is 40.8. The molecular formula is C46H62Br3N3O7. The maximum Gasteiger partial charge on any atom is 0.410 e. The molecule has 3 atom stereocenters. The Morgan fingerprint density at radius 3 is 1.27 bits per heavy atom. The molecule has 3 heterocycles. The molecule has 10 nitrogen and oxygen atoms in total. The van der Waals surface area contributed by atoms with E-state index < -0.39 is 16.8 Å². The molecule has 3 unspecified atom stereocenters. The molecule has 324 valence electrons. The summed E-state index contributed by atoms with van der Waals surface area (Å²) in [6.07, 6.45) is 2.39. The highest BCUT2D eigenvalue weighted by atomic mass is 79.9. The minimum absolute atomic E-state index is 0.0932. The first-order valence-corrected chi connectivity index (χ1v) is 22.7. The van der Waals surface area contributed by atoms with Crippen LogP contribution in [0.1, 0.15) is 116 Å². The van der Waals surface area contributed by atoms with E-state index in [-0.39, 0.29) is 24.4 Å². The second kappa shape index (κ2) is 21.6. The summed E-state index contributed by atoms with van der Waals surface area (Å²) in [5, 5.41) is 0. The van der Waals surface area contributed by atoms with Crippen LogP contribution in [0.15, 0.2) is 86.2 Å². The van der Waals surface area contributed by atoms with Crippen molar-refractivity contribution in [1.29, 1.82) is 0 Å². The van der Waals surface area contributed by atoms with Gasteiger partial charge in [0.05, 0.1) is 13.2 Å². The number of nitrogens with zero attached hydrogens (tertiary/aromatic N) is 3. The minimum atomic E-state index is -0.470. The zero-order valence-electron chi connectivity index (χ0n) is 36.1. The lowest BCUT2D eigenvalue weighted by molar-refractivity contribution is -0.0432. The van der Waals surface area contributed by atoms with Gasteiger partial charge in [0.15, 0.2) is 0 Å². The number of carbonyl (C=O) groups excluding carboxylic acids is 3. The Morgan fingerprint density at radius 2 is 0.864 bits per heavy atom. The third kappa shape index (κ3) is 17.0. The Kier molecular flexibility index (Phi) is 17.8. The molecule has 3 saturated heterocycles. The lowest BCUT2D eigenvalue weighted by atomic mass is 9.91. The molecule has 6 rings (SSSR count). The molecular weight excluding hydrogens is 946 g/mol. The van der Waals surface area contributed by atoms with E-state index in [1.807, 2.05) is 104 Å². The van der Waals surface area contributed by atoms with Gasteiger partial charge < -0.3 is 33.6 Å². The summed E-state index contributed by atoms with van der Waals surface area (Å²) in [5.41, 5.74) is 2.33. The van der Waals surface area contributed by atoms with Crippen LogP contribution in [0.5, 0.6) is 0 Å². The maximum absolute atomic E-state index is 12.1. The van der Waals surface area contributed by atoms with Gasteiger partial charge in [-0.3, -0.25) is 0 Å². The second-order valence-electron chi connectivity index (χ2n) is 18.1. The Balaban J connectivity index is 0.000000196. The molecule has 0 aliphatic carbocycles. The van der Waals surface area contributed by atoms with E-state index in [4.69, 9.17) is 18.9 Å². The largest absolute Gasteiger partial charge is 0.444 e. The molecule has 3 aromatic carbocycles. The summed E-state index contributed by atoms with van der Waals surface area (Å²) in [4.78, 5) is 41.6. The van der Waals surface area contributed by atoms with Crippen molar-refractivity contribution in [2.75, 3.05) is 45.9 Å². The number of halogens is 3. The van der Waals surface area contributed by atoms with Crippen molar-refractivity contribution >= 4 is 66.1 Å². The highest BCUT2D eigenvalue weighted by Gasteiger charge is 2.32. The standard InChI is InChI=1S/C16H22BrNO2.C15H20BrNO3.C15H20BrNO2/c1-16(2,3)20-15(19)18-10-4-5-13(11-18)12-6-8-14(17)9-7-12;1-15(2,3)20-14(18)17-8-9-19-13(10-17)11-4-6-12(16)7-5-11;1-15(2,3)19-14(18)17-9-8-12(10-17)11-4-6-13(16)7-5-11/h6-9,13H,4-5,10-11H2,1-3H3;4-7,13H,8-10H2,1-3H3;4-7,12H,8-10H2,1-3H3. The van der Waals surface area contributed by atoms with Crippen molar-refractivity contribution in [2.24, 2.45) is 0 Å². The average Bonchev–Trinajstić information content (AvgIpc) is 3.65. The van der Waals surface area contributed by atoms with Crippen molar-refractivity contribution in [3.63, 3.8) is 0 Å². The molecule has 13 heteroatoms. The van der Waals surface area contributed by atoms with Crippen molar-refractivity contribution in [1.82, 2.24) is 14.7 Å². The number of ether oxygens (including phenoxy) is 4. The summed E-state index contributed by atoms with van der Waals surface area (Å²) in [5.74, 6) is 0.824. The number of hydrogen-bond acceptors (Lipinski definition) is 7. The first kappa shape index (κ1) is 48.5. The monoisotopic (exact) mass is 1010 g/mol. The normalized spacial score (nSPS) is 19.7. The molecule has 3 amide bonds. The van der Waals surface area contributed by atoms with E-state index in [1.165, 1.54) is 11.1 Å². The Bertz CT molecular complexity index is 1710. The molecule has 0 radical (unpaired) electrons. The summed E-state index contributed by atoms with van der Waals surface area (Å²) < 4.78 is 25.2. The molecule has 3 fully saturated rings. The van der Waals surface area contributed by atoms with Crippen LogP contribution in [0, 0.1) is 0 Å². The van der Waals surface area contributed by atoms with Crippen LogP contribution in [0.4, 0.5) is 14.4 Å². The first-order valence-electron chi connectivity index (χ1n) is 20.4. The molecule has 3 aliphatic heterocycles. The van der Waals surface area contributed by atoms with Crippen LogP contribution in [-0.2, 0) is 18.9 Å². The van der Waals surface area contributed by atoms with Crippen LogP contribution in [0.25, 0.3) is 0 Å². The number of piperidine rings is 1. The third-order valence-corrected chi connectivity index (χ3v) is 11.1. The van der Waals surface area contributed by atoms with Crippen molar-refractivity contribution in [3.05, 3.63) is 103 Å². The van der Waals surface area contributed by atoms with E-state index >= 15 is 0 Å². The van der Waals surface area contributed by atoms with Gasteiger partial charge in [-0.2, -0.15) is 0 Å². The minimum Gasteiger partial charge on any atom is -0.444 e. The fraction of sp³-hybridized carbons (Fsp3) is 0.543. The topological polar surface area (TPSA) is 97.8 Å². The third-order valence-electron chi connectivity index (χ3n) is 9.56. The van der Waals surface area contributed by atoms with Crippen LogP contribution < -0.4 is 0 Å². The Morgan fingerprint density at radius 1 is 0.508 bits per heavy atom. The molecule has 0 N–H and O–H groups in total. The van der Waals surface area contributed by atoms with Crippen LogP contribution in [0.2, 0.25) is 0 Å². The number of amides is 3. The highest BCUT2D eigenvalue weighted by Crippen LogP contribution is 2.31. The molecule has 0 bridgehead atoms. The second-order valence-corrected chi connectivity index (χ2v) is 20.9. The van der Waals surface area contributed by atoms with Crippen molar-refractivity contribution in [2.45, 2.75) is 116 Å². The number of likely N-dealkylation sites (tertiary alicyclic amines) is 2. The van der Waals surface area contributed by atoms with Gasteiger partial charge in [-0.1, -0.05) is 84.2 Å². The first-order chi connectivity index (χ1) is 27.5. The van der Waals surface area contributed by atoms with Gasteiger partial charge >= 0.3 is 18.3 Å². The molecule has 3 aromatic rings. The number of benzene rings is 3. The van der Waals surface area contributed by atoms with Gasteiger partial charge in [-0.15, -0.1) is 0 Å². The van der Waals surface area contributed by atoms with Crippen LogP contribution in [0.3, 0.4) is 0 Å². The fourth-order valence-electron chi connectivity index (χ4n) is 6.76. The Hall–Kier alpha value is -3.13. The smallest absolute Gasteiger partial charge is 0.410 e. The van der Waals surface area contributed by atoms with Gasteiger partial charge in [-0.05, 0) is 135 Å². The van der Waals surface area contributed by atoms with Gasteiger partial charge in [0.25, 0.3) is 0 Å². The van der Waals surface area contributed by atoms with Crippen molar-refractivity contribution in [3.8, 4) is 0 Å². The van der Waals surface area contributed by atoms with E-state index in [2.05, 4.69) is 84.2 Å². The van der Waals surface area contributed by atoms with E-state index in [0.29, 0.717) is 31.5 Å². The molecule has 0 saturated carbocycles. The highest BCUT2D eigenvalue weighted by molar-refractivity contribution is 9.11. The fourth-order valence-corrected chi connectivity index (χ4v) is 7.55. The predicted octanol–water partition coefficient (Wildman–Crippen LogP) is 12.5. The van der Waals surface area contributed by atoms with E-state index in [9.17, 15) is 14.4 Å². The molecule has 59 heavy (non-hydrogen) atoms. The van der Waals surface area contributed by atoms with Gasteiger partial charge in [0.2, 0.25) is 0 Å². The van der Waals surface area contributed by atoms with Gasteiger partial charge in [-0.25, -0.2) is 14.4 Å². The van der Waals surface area contributed by atoms with E-state index in [1.54, 1.807) is 9.80 Å². The lowest BCUT2D eigenvalue weighted by Gasteiger charge is -2.34. The van der Waals surface area contributed by atoms with Crippen molar-refractivity contribution < 1.29 is 33.3 Å². The quantitative estimate of drug-likeness (QED) is 0.241. The summed E-state index contributed by atoms with van der Waals surface area (Å²) in [7, 11) is 0. The average molecular weight is 1010 g/mol. The number of morpholine rings is 1. The van der Waals surface area contributed by atoms with Gasteiger partial charge in [0, 0.05) is 58.0 Å². The summed E-state index contributed by atoms with van der Waals surface area (Å²) in [6.45, 7) is 21.7. The Labute approximate surface area is 377 Å². The molecule has 3 aliphatic rings.